The van der Waals surface area contributed by atoms with Crippen molar-refractivity contribution in [2.75, 3.05) is 6.61 Å². The van der Waals surface area contributed by atoms with Crippen LogP contribution in [-0.2, 0) is 11.2 Å². The van der Waals surface area contributed by atoms with Crippen molar-refractivity contribution in [2.24, 2.45) is 0 Å². The summed E-state index contributed by atoms with van der Waals surface area (Å²) in [5.41, 5.74) is 1.01. The molecular formula is C22H15Cl2F3O5. The summed E-state index contributed by atoms with van der Waals surface area (Å²) in [4.78, 5) is 10.6. The number of aliphatic carboxylic acids is 1. The molecule has 0 aromatic heterocycles. The number of phenols is 1. The Bertz CT molecular complexity index is 1130. The van der Waals surface area contributed by atoms with E-state index in [-0.39, 0.29) is 39.1 Å². The molecule has 0 heterocycles. The standard InChI is InChI=1S/C22H15Cl2F3O5/c23-16-8-12(31-10-20(29)30)9-17(24)15(16)7-11-4-5-18(28)14(6-11)13-2-1-3-19(21(13)25)32-22(26)27/h1-6,8-9,22,28H,7,10H2,(H,29,30). The highest BCUT2D eigenvalue weighted by molar-refractivity contribution is 6.36. The van der Waals surface area contributed by atoms with Gasteiger partial charge >= 0.3 is 12.6 Å². The summed E-state index contributed by atoms with van der Waals surface area (Å²) in [5.74, 6) is -2.94. The number of phenolic OH excluding ortho intramolecular Hbond substituents is 1. The van der Waals surface area contributed by atoms with Crippen LogP contribution in [0, 0.1) is 5.82 Å². The quantitative estimate of drug-likeness (QED) is 0.398. The summed E-state index contributed by atoms with van der Waals surface area (Å²) < 4.78 is 49.0. The first-order valence-corrected chi connectivity index (χ1v) is 9.79. The minimum Gasteiger partial charge on any atom is -0.507 e. The monoisotopic (exact) mass is 486 g/mol. The average molecular weight is 487 g/mol. The second-order valence-electron chi connectivity index (χ2n) is 6.57. The van der Waals surface area contributed by atoms with Crippen LogP contribution in [0.15, 0.2) is 48.5 Å². The van der Waals surface area contributed by atoms with Crippen LogP contribution >= 0.6 is 23.2 Å². The number of hydrogen-bond donors (Lipinski definition) is 2. The Kier molecular flexibility index (Phi) is 7.37. The summed E-state index contributed by atoms with van der Waals surface area (Å²) in [6.45, 7) is -3.76. The van der Waals surface area contributed by atoms with Crippen molar-refractivity contribution in [2.45, 2.75) is 13.0 Å². The van der Waals surface area contributed by atoms with Gasteiger partial charge in [0.1, 0.15) is 11.5 Å². The molecule has 0 aliphatic carbocycles. The van der Waals surface area contributed by atoms with E-state index in [4.69, 9.17) is 33.0 Å². The molecule has 168 valence electrons. The lowest BCUT2D eigenvalue weighted by Crippen LogP contribution is -2.09. The lowest BCUT2D eigenvalue weighted by atomic mass is 9.97. The number of halogens is 5. The van der Waals surface area contributed by atoms with Crippen LogP contribution in [0.2, 0.25) is 10.0 Å². The molecule has 3 aromatic rings. The number of ether oxygens (including phenoxy) is 2. The summed E-state index contributed by atoms with van der Waals surface area (Å²) in [5, 5.41) is 19.4. The van der Waals surface area contributed by atoms with Crippen molar-refractivity contribution in [3.8, 4) is 28.4 Å². The number of hydrogen-bond acceptors (Lipinski definition) is 4. The Labute approximate surface area is 190 Å². The molecule has 2 N–H and O–H groups in total. The van der Waals surface area contributed by atoms with E-state index in [1.165, 1.54) is 36.4 Å². The van der Waals surface area contributed by atoms with E-state index in [0.717, 1.165) is 6.07 Å². The van der Waals surface area contributed by atoms with Crippen molar-refractivity contribution in [3.05, 3.63) is 75.5 Å². The van der Waals surface area contributed by atoms with Crippen LogP contribution in [0.4, 0.5) is 13.2 Å². The number of carboxylic acid groups (broad SMARTS) is 1. The number of rotatable bonds is 8. The molecule has 0 bridgehead atoms. The third-order valence-electron chi connectivity index (χ3n) is 4.39. The van der Waals surface area contributed by atoms with Crippen LogP contribution in [0.25, 0.3) is 11.1 Å². The van der Waals surface area contributed by atoms with Gasteiger partial charge in [-0.15, -0.1) is 0 Å². The molecule has 3 rings (SSSR count). The van der Waals surface area contributed by atoms with Crippen molar-refractivity contribution in [3.63, 3.8) is 0 Å². The number of alkyl halides is 2. The fourth-order valence-electron chi connectivity index (χ4n) is 3.00. The minimum absolute atomic E-state index is 0.0633. The van der Waals surface area contributed by atoms with Crippen LogP contribution in [0.1, 0.15) is 11.1 Å². The molecule has 0 amide bonds. The van der Waals surface area contributed by atoms with E-state index in [2.05, 4.69) is 4.74 Å². The predicted molar refractivity (Wildman–Crippen MR) is 113 cm³/mol. The number of carbonyl (C=O) groups is 1. The summed E-state index contributed by atoms with van der Waals surface area (Å²) in [7, 11) is 0. The first-order chi connectivity index (χ1) is 15.2. The lowest BCUT2D eigenvalue weighted by Gasteiger charge is -2.14. The Morgan fingerprint density at radius 3 is 2.34 bits per heavy atom. The predicted octanol–water partition coefficient (Wildman–Crippen LogP) is 6.16. The molecule has 0 fully saturated rings. The molecule has 10 heteroatoms. The van der Waals surface area contributed by atoms with Crippen molar-refractivity contribution in [1.29, 1.82) is 0 Å². The summed E-state index contributed by atoms with van der Waals surface area (Å²) >= 11 is 12.5. The topological polar surface area (TPSA) is 76.0 Å². The molecule has 0 aliphatic rings. The van der Waals surface area contributed by atoms with Crippen LogP contribution in [0.5, 0.6) is 17.2 Å². The summed E-state index contributed by atoms with van der Waals surface area (Å²) in [6.07, 6.45) is 0.180. The molecule has 32 heavy (non-hydrogen) atoms. The maximum absolute atomic E-state index is 14.7. The fraction of sp³-hybridized carbons (Fsp3) is 0.136. The highest BCUT2D eigenvalue weighted by atomic mass is 35.5. The zero-order valence-corrected chi connectivity index (χ0v) is 17.6. The second-order valence-corrected chi connectivity index (χ2v) is 7.39. The van der Waals surface area contributed by atoms with Gasteiger partial charge in [-0.3, -0.25) is 0 Å². The highest BCUT2D eigenvalue weighted by Gasteiger charge is 2.18. The molecular weight excluding hydrogens is 472 g/mol. The van der Waals surface area contributed by atoms with E-state index in [1.807, 2.05) is 0 Å². The van der Waals surface area contributed by atoms with E-state index in [0.29, 0.717) is 11.1 Å². The molecule has 0 radical (unpaired) electrons. The van der Waals surface area contributed by atoms with E-state index < -0.39 is 30.8 Å². The zero-order chi connectivity index (χ0) is 23.4. The molecule has 0 aliphatic heterocycles. The maximum Gasteiger partial charge on any atom is 0.387 e. The van der Waals surface area contributed by atoms with E-state index >= 15 is 0 Å². The van der Waals surface area contributed by atoms with Gasteiger partial charge in [0.2, 0.25) is 0 Å². The number of carboxylic acids is 1. The molecule has 3 aromatic carbocycles. The van der Waals surface area contributed by atoms with Crippen LogP contribution < -0.4 is 9.47 Å². The average Bonchev–Trinajstić information content (AvgIpc) is 2.72. The third-order valence-corrected chi connectivity index (χ3v) is 5.06. The van der Waals surface area contributed by atoms with Gasteiger partial charge in [-0.2, -0.15) is 8.78 Å². The first kappa shape index (κ1) is 23.6. The SMILES string of the molecule is O=C(O)COc1cc(Cl)c(Cc2ccc(O)c(-c3cccc(OC(F)F)c3F)c2)c(Cl)c1. The van der Waals surface area contributed by atoms with Gasteiger partial charge in [0, 0.05) is 27.6 Å². The van der Waals surface area contributed by atoms with Gasteiger partial charge in [-0.1, -0.05) is 41.4 Å². The van der Waals surface area contributed by atoms with Crippen LogP contribution in [-0.4, -0.2) is 29.4 Å². The number of aromatic hydroxyl groups is 1. The van der Waals surface area contributed by atoms with Crippen molar-refractivity contribution < 1.29 is 37.7 Å². The van der Waals surface area contributed by atoms with Gasteiger partial charge in [0.25, 0.3) is 0 Å². The molecule has 0 spiro atoms. The van der Waals surface area contributed by atoms with E-state index in [9.17, 15) is 23.1 Å². The molecule has 5 nitrogen and oxygen atoms in total. The fourth-order valence-corrected chi connectivity index (χ4v) is 3.60. The van der Waals surface area contributed by atoms with Gasteiger partial charge in [0.15, 0.2) is 18.2 Å². The summed E-state index contributed by atoms with van der Waals surface area (Å²) in [6, 6.07) is 10.9. The van der Waals surface area contributed by atoms with Gasteiger partial charge in [-0.25, -0.2) is 9.18 Å². The van der Waals surface area contributed by atoms with E-state index in [1.54, 1.807) is 6.07 Å². The van der Waals surface area contributed by atoms with Crippen molar-refractivity contribution in [1.82, 2.24) is 0 Å². The normalized spacial score (nSPS) is 10.9. The zero-order valence-electron chi connectivity index (χ0n) is 16.1. The molecule has 0 saturated carbocycles. The Hall–Kier alpha value is -3.10. The lowest BCUT2D eigenvalue weighted by molar-refractivity contribution is -0.139. The Balaban J connectivity index is 1.93. The molecule has 0 unspecified atom stereocenters. The largest absolute Gasteiger partial charge is 0.507 e. The molecule has 0 saturated heterocycles. The smallest absolute Gasteiger partial charge is 0.387 e. The van der Waals surface area contributed by atoms with Crippen LogP contribution in [0.3, 0.4) is 0 Å². The third kappa shape index (κ3) is 5.57. The van der Waals surface area contributed by atoms with Gasteiger partial charge in [-0.05, 0) is 41.5 Å². The highest BCUT2D eigenvalue weighted by Crippen LogP contribution is 2.37. The van der Waals surface area contributed by atoms with Gasteiger partial charge < -0.3 is 19.7 Å². The second kappa shape index (κ2) is 10.0. The maximum atomic E-state index is 14.7. The minimum atomic E-state index is -3.20. The Morgan fingerprint density at radius 1 is 1.03 bits per heavy atom. The molecule has 0 atom stereocenters. The first-order valence-electron chi connectivity index (χ1n) is 9.03. The van der Waals surface area contributed by atoms with Crippen molar-refractivity contribution >= 4 is 29.2 Å². The van der Waals surface area contributed by atoms with Gasteiger partial charge in [0.05, 0.1) is 0 Å². The Morgan fingerprint density at radius 2 is 1.72 bits per heavy atom. The number of benzene rings is 3.